The first-order valence-electron chi connectivity index (χ1n) is 10.4. The molecule has 8 nitrogen and oxygen atoms in total. The molecule has 0 saturated carbocycles. The number of aromatic nitrogens is 3. The summed E-state index contributed by atoms with van der Waals surface area (Å²) in [6.07, 6.45) is 0. The summed E-state index contributed by atoms with van der Waals surface area (Å²) < 4.78 is 11.0. The molecule has 0 N–H and O–H groups in total. The lowest BCUT2D eigenvalue weighted by atomic mass is 10.1. The van der Waals surface area contributed by atoms with E-state index >= 15 is 0 Å². The van der Waals surface area contributed by atoms with Crippen molar-refractivity contribution < 1.29 is 14.1 Å². The lowest BCUT2D eigenvalue weighted by Gasteiger charge is -2.35. The Morgan fingerprint density at radius 3 is 2.35 bits per heavy atom. The van der Waals surface area contributed by atoms with E-state index in [9.17, 15) is 4.79 Å². The number of aryl methyl sites for hydroxylation is 4. The van der Waals surface area contributed by atoms with Gasteiger partial charge in [0.2, 0.25) is 0 Å². The molecule has 3 aromatic rings. The van der Waals surface area contributed by atoms with E-state index < -0.39 is 0 Å². The molecule has 162 valence electrons. The Hall–Kier alpha value is -3.42. The first-order valence-corrected chi connectivity index (χ1v) is 10.4. The van der Waals surface area contributed by atoms with E-state index in [0.29, 0.717) is 31.0 Å². The molecule has 0 atom stereocenters. The number of ether oxygens (including phenoxy) is 1. The van der Waals surface area contributed by atoms with Gasteiger partial charge in [0.25, 0.3) is 5.91 Å². The summed E-state index contributed by atoms with van der Waals surface area (Å²) >= 11 is 0. The molecule has 0 aliphatic carbocycles. The van der Waals surface area contributed by atoms with Crippen molar-refractivity contribution in [2.45, 2.75) is 34.3 Å². The van der Waals surface area contributed by atoms with E-state index in [4.69, 9.17) is 9.26 Å². The summed E-state index contributed by atoms with van der Waals surface area (Å²) in [5.41, 5.74) is 3.40. The zero-order valence-electron chi connectivity index (χ0n) is 18.4. The Bertz CT molecular complexity index is 1030. The van der Waals surface area contributed by atoms with Crippen LogP contribution in [0.4, 0.5) is 5.82 Å². The van der Waals surface area contributed by atoms with Crippen LogP contribution in [0, 0.1) is 27.7 Å². The average molecular weight is 422 g/mol. The third-order valence-corrected chi connectivity index (χ3v) is 5.51. The third-order valence-electron chi connectivity index (χ3n) is 5.51. The molecule has 4 rings (SSSR count). The van der Waals surface area contributed by atoms with Gasteiger partial charge in [-0.25, -0.2) is 9.97 Å². The fraction of sp³-hybridized carbons (Fsp3) is 0.391. The molecule has 31 heavy (non-hydrogen) atoms. The largest absolute Gasteiger partial charge is 0.489 e. The van der Waals surface area contributed by atoms with Crippen molar-refractivity contribution in [1.82, 2.24) is 20.0 Å². The second-order valence-corrected chi connectivity index (χ2v) is 7.81. The quantitative estimate of drug-likeness (QED) is 0.625. The molecule has 0 bridgehead atoms. The van der Waals surface area contributed by atoms with Gasteiger partial charge in [-0.15, -0.1) is 0 Å². The number of hydrogen-bond acceptors (Lipinski definition) is 7. The number of carbonyl (C=O) groups is 1. The molecule has 0 spiro atoms. The molecule has 2 aromatic heterocycles. The molecule has 1 amide bonds. The molecular weight excluding hydrogens is 394 g/mol. The zero-order chi connectivity index (χ0) is 22.0. The summed E-state index contributed by atoms with van der Waals surface area (Å²) in [5.74, 6) is 3.20. The minimum Gasteiger partial charge on any atom is -0.489 e. The molecule has 8 heteroatoms. The lowest BCUT2D eigenvalue weighted by Crippen LogP contribution is -2.49. The van der Waals surface area contributed by atoms with Gasteiger partial charge in [-0.3, -0.25) is 4.79 Å². The normalized spacial score (nSPS) is 14.1. The number of amides is 1. The van der Waals surface area contributed by atoms with Crippen molar-refractivity contribution in [2.75, 3.05) is 31.1 Å². The number of rotatable bonds is 5. The van der Waals surface area contributed by atoms with Crippen molar-refractivity contribution in [2.24, 2.45) is 0 Å². The van der Waals surface area contributed by atoms with Gasteiger partial charge in [0.1, 0.15) is 29.8 Å². The number of anilines is 1. The number of piperazine rings is 1. The molecule has 1 aliphatic heterocycles. The SMILES string of the molecule is Cc1cc(N2CCN(C(=O)c3ccc(OCc4c(C)noc4C)cc3)CC2)nc(C)n1. The maximum Gasteiger partial charge on any atom is 0.253 e. The molecule has 1 aliphatic rings. The maximum absolute atomic E-state index is 12.9. The smallest absolute Gasteiger partial charge is 0.253 e. The van der Waals surface area contributed by atoms with Gasteiger partial charge in [-0.05, 0) is 52.0 Å². The summed E-state index contributed by atoms with van der Waals surface area (Å²) in [5, 5.41) is 3.94. The fourth-order valence-electron chi connectivity index (χ4n) is 3.74. The predicted octanol–water partition coefficient (Wildman–Crippen LogP) is 3.24. The minimum atomic E-state index is 0.0342. The van der Waals surface area contributed by atoms with Crippen molar-refractivity contribution >= 4 is 11.7 Å². The first-order chi connectivity index (χ1) is 14.9. The summed E-state index contributed by atoms with van der Waals surface area (Å²) in [7, 11) is 0. The molecule has 0 radical (unpaired) electrons. The number of hydrogen-bond donors (Lipinski definition) is 0. The molecule has 1 fully saturated rings. The standard InChI is InChI=1S/C23H27N5O3/c1-15-13-22(25-18(4)24-15)27-9-11-28(12-10-27)23(29)19-5-7-20(8-6-19)30-14-21-16(2)26-31-17(21)3/h5-8,13H,9-12,14H2,1-4H3. The van der Waals surface area contributed by atoms with Crippen LogP contribution in [0.3, 0.4) is 0 Å². The van der Waals surface area contributed by atoms with E-state index in [1.807, 2.05) is 62.9 Å². The van der Waals surface area contributed by atoms with E-state index in [1.54, 1.807) is 0 Å². The van der Waals surface area contributed by atoms with Gasteiger partial charge in [0, 0.05) is 43.5 Å². The van der Waals surface area contributed by atoms with Gasteiger partial charge >= 0.3 is 0 Å². The van der Waals surface area contributed by atoms with Gasteiger partial charge < -0.3 is 19.1 Å². The summed E-state index contributed by atoms with van der Waals surface area (Å²) in [6.45, 7) is 10.8. The van der Waals surface area contributed by atoms with Crippen molar-refractivity contribution in [3.05, 3.63) is 64.4 Å². The van der Waals surface area contributed by atoms with Crippen LogP contribution in [0.15, 0.2) is 34.9 Å². The Morgan fingerprint density at radius 1 is 1.03 bits per heavy atom. The molecule has 1 aromatic carbocycles. The van der Waals surface area contributed by atoms with Crippen LogP contribution < -0.4 is 9.64 Å². The van der Waals surface area contributed by atoms with Crippen molar-refractivity contribution in [3.63, 3.8) is 0 Å². The van der Waals surface area contributed by atoms with E-state index in [0.717, 1.165) is 47.4 Å². The van der Waals surface area contributed by atoms with E-state index in [-0.39, 0.29) is 5.91 Å². The Balaban J connectivity index is 1.33. The van der Waals surface area contributed by atoms with Crippen molar-refractivity contribution in [1.29, 1.82) is 0 Å². The second kappa shape index (κ2) is 8.75. The van der Waals surface area contributed by atoms with Crippen molar-refractivity contribution in [3.8, 4) is 5.75 Å². The van der Waals surface area contributed by atoms with Crippen LogP contribution in [-0.2, 0) is 6.61 Å². The first kappa shape index (κ1) is 20.8. The molecule has 0 unspecified atom stereocenters. The zero-order valence-corrected chi connectivity index (χ0v) is 18.4. The predicted molar refractivity (Wildman–Crippen MR) is 116 cm³/mol. The third kappa shape index (κ3) is 4.68. The van der Waals surface area contributed by atoms with Gasteiger partial charge in [-0.1, -0.05) is 5.16 Å². The Kier molecular flexibility index (Phi) is 5.88. The monoisotopic (exact) mass is 421 g/mol. The maximum atomic E-state index is 12.9. The van der Waals surface area contributed by atoms with Crippen LogP contribution in [0.1, 0.15) is 38.9 Å². The van der Waals surface area contributed by atoms with Crippen LogP contribution in [0.25, 0.3) is 0 Å². The second-order valence-electron chi connectivity index (χ2n) is 7.81. The highest BCUT2D eigenvalue weighted by Crippen LogP contribution is 2.20. The van der Waals surface area contributed by atoms with E-state index in [2.05, 4.69) is 20.0 Å². The summed E-state index contributed by atoms with van der Waals surface area (Å²) in [6, 6.07) is 9.27. The van der Waals surface area contributed by atoms with Crippen LogP contribution in [-0.4, -0.2) is 52.1 Å². The highest BCUT2D eigenvalue weighted by Gasteiger charge is 2.23. The highest BCUT2D eigenvalue weighted by molar-refractivity contribution is 5.94. The average Bonchev–Trinajstić information content (AvgIpc) is 3.09. The fourth-order valence-corrected chi connectivity index (χ4v) is 3.74. The Labute approximate surface area is 181 Å². The summed E-state index contributed by atoms with van der Waals surface area (Å²) in [4.78, 5) is 25.9. The topological polar surface area (TPSA) is 84.6 Å². The van der Waals surface area contributed by atoms with Crippen LogP contribution in [0.5, 0.6) is 5.75 Å². The minimum absolute atomic E-state index is 0.0342. The molecule has 1 saturated heterocycles. The van der Waals surface area contributed by atoms with Gasteiger partial charge in [-0.2, -0.15) is 0 Å². The number of benzene rings is 1. The Morgan fingerprint density at radius 2 is 1.74 bits per heavy atom. The lowest BCUT2D eigenvalue weighted by molar-refractivity contribution is 0.0746. The van der Waals surface area contributed by atoms with E-state index in [1.165, 1.54) is 0 Å². The number of nitrogens with zero attached hydrogens (tertiary/aromatic N) is 5. The van der Waals surface area contributed by atoms with Crippen LogP contribution in [0.2, 0.25) is 0 Å². The number of carbonyl (C=O) groups excluding carboxylic acids is 1. The highest BCUT2D eigenvalue weighted by atomic mass is 16.5. The molecular formula is C23H27N5O3. The van der Waals surface area contributed by atoms with Gasteiger partial charge in [0.05, 0.1) is 11.3 Å². The van der Waals surface area contributed by atoms with Gasteiger partial charge in [0.15, 0.2) is 0 Å². The molecule has 3 heterocycles. The van der Waals surface area contributed by atoms with Crippen LogP contribution >= 0.6 is 0 Å².